The number of pyridine rings is 1. The highest BCUT2D eigenvalue weighted by Gasteiger charge is 2.11. The molecule has 0 saturated carbocycles. The minimum Gasteiger partial charge on any atom is -0.314 e. The zero-order chi connectivity index (χ0) is 11.9. The molecule has 1 aliphatic rings. The second-order valence-electron chi connectivity index (χ2n) is 4.91. The normalized spacial score (nSPS) is 23.0. The second kappa shape index (κ2) is 6.72. The summed E-state index contributed by atoms with van der Waals surface area (Å²) < 4.78 is 0. The van der Waals surface area contributed by atoms with Gasteiger partial charge in [-0.1, -0.05) is 6.07 Å². The Morgan fingerprint density at radius 2 is 2.35 bits per heavy atom. The maximum absolute atomic E-state index is 4.38. The van der Waals surface area contributed by atoms with E-state index in [9.17, 15) is 0 Å². The van der Waals surface area contributed by atoms with E-state index in [1.807, 2.05) is 12.3 Å². The van der Waals surface area contributed by atoms with Crippen LogP contribution in [-0.2, 0) is 6.42 Å². The summed E-state index contributed by atoms with van der Waals surface area (Å²) in [4.78, 5) is 6.96. The van der Waals surface area contributed by atoms with Crippen LogP contribution in [0.25, 0.3) is 0 Å². The Hall–Kier alpha value is -0.930. The average molecular weight is 233 g/mol. The fourth-order valence-electron chi connectivity index (χ4n) is 2.28. The van der Waals surface area contributed by atoms with Crippen molar-refractivity contribution in [2.24, 2.45) is 0 Å². The lowest BCUT2D eigenvalue weighted by molar-refractivity contribution is 0.239. The molecular weight excluding hydrogens is 210 g/mol. The molecule has 1 fully saturated rings. The monoisotopic (exact) mass is 233 g/mol. The van der Waals surface area contributed by atoms with E-state index in [4.69, 9.17) is 0 Å². The van der Waals surface area contributed by atoms with Crippen LogP contribution in [0.5, 0.6) is 0 Å². The first kappa shape index (κ1) is 12.5. The summed E-state index contributed by atoms with van der Waals surface area (Å²) in [5.74, 6) is 0. The molecule has 3 heteroatoms. The third-order valence-electron chi connectivity index (χ3n) is 3.43. The molecule has 2 heterocycles. The van der Waals surface area contributed by atoms with Gasteiger partial charge in [0.15, 0.2) is 0 Å². The fraction of sp³-hybridized carbons (Fsp3) is 0.643. The van der Waals surface area contributed by atoms with Crippen molar-refractivity contribution in [2.75, 3.05) is 26.2 Å². The van der Waals surface area contributed by atoms with Crippen molar-refractivity contribution in [1.29, 1.82) is 0 Å². The van der Waals surface area contributed by atoms with Crippen LogP contribution in [0.3, 0.4) is 0 Å². The van der Waals surface area contributed by atoms with Crippen molar-refractivity contribution < 1.29 is 0 Å². The Morgan fingerprint density at radius 3 is 3.18 bits per heavy atom. The Morgan fingerprint density at radius 1 is 1.41 bits per heavy atom. The highest BCUT2D eigenvalue weighted by molar-refractivity contribution is 5.03. The summed E-state index contributed by atoms with van der Waals surface area (Å²) in [5, 5.41) is 3.54. The minimum atomic E-state index is 0.660. The van der Waals surface area contributed by atoms with E-state index in [2.05, 4.69) is 34.3 Å². The van der Waals surface area contributed by atoms with Gasteiger partial charge in [-0.3, -0.25) is 4.98 Å². The first-order valence-electron chi connectivity index (χ1n) is 6.70. The van der Waals surface area contributed by atoms with Crippen LogP contribution in [0.1, 0.15) is 25.5 Å². The Bertz CT molecular complexity index is 313. The number of hydrogen-bond acceptors (Lipinski definition) is 3. The van der Waals surface area contributed by atoms with Gasteiger partial charge in [0.1, 0.15) is 0 Å². The molecule has 3 nitrogen and oxygen atoms in total. The molecule has 0 radical (unpaired) electrons. The van der Waals surface area contributed by atoms with Gasteiger partial charge in [0.2, 0.25) is 0 Å². The van der Waals surface area contributed by atoms with E-state index >= 15 is 0 Å². The van der Waals surface area contributed by atoms with Crippen molar-refractivity contribution in [3.8, 4) is 0 Å². The van der Waals surface area contributed by atoms with Gasteiger partial charge in [-0.2, -0.15) is 0 Å². The van der Waals surface area contributed by atoms with E-state index in [1.165, 1.54) is 31.6 Å². The van der Waals surface area contributed by atoms with Gasteiger partial charge < -0.3 is 10.2 Å². The third kappa shape index (κ3) is 4.44. The topological polar surface area (TPSA) is 28.2 Å². The average Bonchev–Trinajstić information content (AvgIpc) is 2.35. The molecule has 0 aliphatic carbocycles. The van der Waals surface area contributed by atoms with Gasteiger partial charge in [-0.15, -0.1) is 0 Å². The van der Waals surface area contributed by atoms with Crippen molar-refractivity contribution in [1.82, 2.24) is 15.2 Å². The van der Waals surface area contributed by atoms with E-state index in [1.54, 1.807) is 0 Å². The fourth-order valence-corrected chi connectivity index (χ4v) is 2.28. The summed E-state index contributed by atoms with van der Waals surface area (Å²) >= 11 is 0. The van der Waals surface area contributed by atoms with Crippen molar-refractivity contribution >= 4 is 0 Å². The molecule has 0 spiro atoms. The van der Waals surface area contributed by atoms with E-state index < -0.39 is 0 Å². The number of aromatic nitrogens is 1. The van der Waals surface area contributed by atoms with Gasteiger partial charge in [0.25, 0.3) is 0 Å². The number of rotatable bonds is 3. The van der Waals surface area contributed by atoms with Crippen molar-refractivity contribution in [2.45, 2.75) is 32.2 Å². The molecule has 0 bridgehead atoms. The summed E-state index contributed by atoms with van der Waals surface area (Å²) in [6.45, 7) is 7.00. The molecule has 1 atom stereocenters. The summed E-state index contributed by atoms with van der Waals surface area (Å²) in [6, 6.07) is 6.83. The van der Waals surface area contributed by atoms with Crippen molar-refractivity contribution in [3.05, 3.63) is 30.1 Å². The molecule has 1 aromatic heterocycles. The molecule has 2 rings (SSSR count). The van der Waals surface area contributed by atoms with E-state index in [0.29, 0.717) is 6.04 Å². The molecule has 17 heavy (non-hydrogen) atoms. The summed E-state index contributed by atoms with van der Waals surface area (Å²) in [5.41, 5.74) is 1.21. The maximum atomic E-state index is 4.38. The van der Waals surface area contributed by atoms with Crippen LogP contribution in [0.15, 0.2) is 24.4 Å². The van der Waals surface area contributed by atoms with E-state index in [0.717, 1.165) is 19.5 Å². The molecule has 1 aliphatic heterocycles. The third-order valence-corrected chi connectivity index (χ3v) is 3.43. The molecule has 0 amide bonds. The van der Waals surface area contributed by atoms with Crippen LogP contribution in [0.4, 0.5) is 0 Å². The summed E-state index contributed by atoms with van der Waals surface area (Å²) in [7, 11) is 0. The molecule has 94 valence electrons. The first-order valence-corrected chi connectivity index (χ1v) is 6.70. The van der Waals surface area contributed by atoms with Gasteiger partial charge in [-0.25, -0.2) is 0 Å². The molecule has 1 aromatic rings. The van der Waals surface area contributed by atoms with Crippen molar-refractivity contribution in [3.63, 3.8) is 0 Å². The highest BCUT2D eigenvalue weighted by Crippen LogP contribution is 2.04. The van der Waals surface area contributed by atoms with Crippen LogP contribution < -0.4 is 5.32 Å². The number of nitrogens with one attached hydrogen (secondary N) is 1. The number of nitrogens with zero attached hydrogens (tertiary/aromatic N) is 2. The minimum absolute atomic E-state index is 0.660. The highest BCUT2D eigenvalue weighted by atomic mass is 15.1. The van der Waals surface area contributed by atoms with Gasteiger partial charge in [0.05, 0.1) is 0 Å². The smallest absolute Gasteiger partial charge is 0.0416 e. The first-order chi connectivity index (χ1) is 8.34. The zero-order valence-corrected chi connectivity index (χ0v) is 10.7. The maximum Gasteiger partial charge on any atom is 0.0416 e. The molecule has 0 aromatic carbocycles. The predicted molar refractivity (Wildman–Crippen MR) is 71.1 cm³/mol. The van der Waals surface area contributed by atoms with Crippen LogP contribution in [0.2, 0.25) is 0 Å². The number of hydrogen-bond donors (Lipinski definition) is 1. The zero-order valence-electron chi connectivity index (χ0n) is 10.7. The SMILES string of the molecule is CC1CCN(CCc2ccccn2)CCCN1. The quantitative estimate of drug-likeness (QED) is 0.861. The molecule has 1 saturated heterocycles. The molecular formula is C14H23N3. The van der Waals surface area contributed by atoms with Crippen LogP contribution in [0, 0.1) is 0 Å². The van der Waals surface area contributed by atoms with Crippen LogP contribution in [-0.4, -0.2) is 42.1 Å². The van der Waals surface area contributed by atoms with Gasteiger partial charge in [0, 0.05) is 30.9 Å². The lowest BCUT2D eigenvalue weighted by Crippen LogP contribution is -2.39. The molecule has 1 unspecified atom stereocenters. The Labute approximate surface area is 104 Å². The summed E-state index contributed by atoms with van der Waals surface area (Å²) in [6.07, 6.45) is 5.46. The molecule has 1 N–H and O–H groups in total. The van der Waals surface area contributed by atoms with Gasteiger partial charge in [-0.05, 0) is 51.5 Å². The predicted octanol–water partition coefficient (Wildman–Crippen LogP) is 1.70. The van der Waals surface area contributed by atoms with Crippen LogP contribution >= 0.6 is 0 Å². The lowest BCUT2D eigenvalue weighted by atomic mass is 10.1. The Balaban J connectivity index is 1.77. The largest absolute Gasteiger partial charge is 0.314 e. The lowest BCUT2D eigenvalue weighted by Gasteiger charge is -2.27. The van der Waals surface area contributed by atoms with E-state index in [-0.39, 0.29) is 0 Å². The Kier molecular flexibility index (Phi) is 4.95. The second-order valence-corrected chi connectivity index (χ2v) is 4.91. The standard InChI is InChI=1S/C14H23N3/c1-13-6-11-17(10-4-9-15-13)12-7-14-5-2-3-8-16-14/h2-3,5,8,13,15H,4,6-7,9-12H2,1H3. The van der Waals surface area contributed by atoms with Gasteiger partial charge >= 0.3 is 0 Å².